The fourth-order valence-electron chi connectivity index (χ4n) is 6.67. The number of aliphatic hydroxyl groups excluding tert-OH is 1. The van der Waals surface area contributed by atoms with Crippen molar-refractivity contribution in [3.8, 4) is 0 Å². The van der Waals surface area contributed by atoms with Crippen LogP contribution >= 0.6 is 0 Å². The van der Waals surface area contributed by atoms with Crippen molar-refractivity contribution in [2.24, 2.45) is 34.5 Å². The van der Waals surface area contributed by atoms with Gasteiger partial charge in [-0.05, 0) is 49.9 Å². The number of hydrogen-bond acceptors (Lipinski definition) is 5. The van der Waals surface area contributed by atoms with E-state index in [1.54, 1.807) is 6.92 Å². The number of fused-ring (bicyclic) bond motifs is 3. The van der Waals surface area contributed by atoms with Gasteiger partial charge in [-0.2, -0.15) is 0 Å². The lowest BCUT2D eigenvalue weighted by atomic mass is 9.42. The number of methoxy groups -OCH3 is 1. The summed E-state index contributed by atoms with van der Waals surface area (Å²) >= 11 is 0. The molecule has 27 heavy (non-hydrogen) atoms. The van der Waals surface area contributed by atoms with E-state index in [-0.39, 0.29) is 29.5 Å². The molecular formula is C21H30O6. The lowest BCUT2D eigenvalue weighted by Gasteiger charge is -2.61. The molecule has 0 spiro atoms. The minimum Gasteiger partial charge on any atom is -0.478 e. The highest BCUT2D eigenvalue weighted by molar-refractivity contribution is 5.93. The third kappa shape index (κ3) is 2.84. The summed E-state index contributed by atoms with van der Waals surface area (Å²) in [5, 5.41) is 20.1. The first-order valence-corrected chi connectivity index (χ1v) is 9.81. The molecule has 2 N–H and O–H groups in total. The van der Waals surface area contributed by atoms with Crippen LogP contribution in [0.2, 0.25) is 0 Å². The van der Waals surface area contributed by atoms with Gasteiger partial charge in [-0.25, -0.2) is 4.79 Å². The molecule has 0 aromatic rings. The molecule has 0 aromatic carbocycles. The topological polar surface area (TPSA) is 101 Å². The van der Waals surface area contributed by atoms with Crippen LogP contribution in [0.4, 0.5) is 0 Å². The summed E-state index contributed by atoms with van der Waals surface area (Å²) in [7, 11) is 1.34. The summed E-state index contributed by atoms with van der Waals surface area (Å²) in [6.07, 6.45) is 3.66. The first-order valence-electron chi connectivity index (χ1n) is 9.81. The number of ether oxygens (including phenoxy) is 1. The summed E-state index contributed by atoms with van der Waals surface area (Å²) < 4.78 is 5.04. The van der Waals surface area contributed by atoms with Crippen LogP contribution in [0, 0.1) is 34.5 Å². The molecule has 3 aliphatic rings. The molecule has 3 rings (SSSR count). The van der Waals surface area contributed by atoms with Crippen molar-refractivity contribution in [2.45, 2.75) is 59.0 Å². The van der Waals surface area contributed by atoms with Gasteiger partial charge in [-0.1, -0.05) is 25.8 Å². The second-order valence-electron chi connectivity index (χ2n) is 9.12. The number of Topliss-reactive ketones (excluding diaryl/α,β-unsaturated/α-hetero) is 1. The van der Waals surface area contributed by atoms with Gasteiger partial charge >= 0.3 is 11.9 Å². The number of allylic oxidation sites excluding steroid dienone is 1. The smallest absolute Gasteiger partial charge is 0.328 e. The minimum atomic E-state index is -1.18. The Morgan fingerprint density at radius 3 is 2.52 bits per heavy atom. The quantitative estimate of drug-likeness (QED) is 0.566. The molecule has 7 atom stereocenters. The van der Waals surface area contributed by atoms with Crippen molar-refractivity contribution in [3.05, 3.63) is 11.6 Å². The first kappa shape index (κ1) is 20.1. The predicted molar refractivity (Wildman–Crippen MR) is 97.7 cm³/mol. The number of aliphatic carboxylic acids is 1. The molecular weight excluding hydrogens is 348 g/mol. The number of carboxylic acids is 1. The zero-order valence-corrected chi connectivity index (χ0v) is 16.5. The van der Waals surface area contributed by atoms with Crippen molar-refractivity contribution in [3.63, 3.8) is 0 Å². The number of carbonyl (C=O) groups is 3. The Kier molecular flexibility index (Phi) is 5.00. The first-order chi connectivity index (χ1) is 12.6. The Morgan fingerprint density at radius 2 is 1.93 bits per heavy atom. The van der Waals surface area contributed by atoms with Gasteiger partial charge in [0.1, 0.15) is 6.10 Å². The Balaban J connectivity index is 2.06. The van der Waals surface area contributed by atoms with E-state index in [1.807, 2.05) is 6.92 Å². The van der Waals surface area contributed by atoms with Crippen molar-refractivity contribution < 1.29 is 29.3 Å². The van der Waals surface area contributed by atoms with E-state index in [1.165, 1.54) is 13.2 Å². The van der Waals surface area contributed by atoms with E-state index >= 15 is 0 Å². The van der Waals surface area contributed by atoms with Crippen LogP contribution in [-0.2, 0) is 19.1 Å². The molecule has 3 saturated carbocycles. The zero-order valence-electron chi connectivity index (χ0n) is 16.5. The highest BCUT2D eigenvalue weighted by Gasteiger charge is 2.66. The SMILES string of the molecule is COC(=O)[C@@]1(C)CCC[C@@]2(C)[C@H]1C(=O)[C@H](O)[C@H]1[C@@H](C)/C(=C/C(=O)O)CC[C@@H]12. The second-order valence-corrected chi connectivity index (χ2v) is 9.12. The van der Waals surface area contributed by atoms with Crippen molar-refractivity contribution in [1.29, 1.82) is 0 Å². The highest BCUT2D eigenvalue weighted by atomic mass is 16.5. The summed E-state index contributed by atoms with van der Waals surface area (Å²) in [6, 6.07) is 0. The molecule has 6 heteroatoms. The van der Waals surface area contributed by atoms with Crippen LogP contribution < -0.4 is 0 Å². The van der Waals surface area contributed by atoms with Crippen molar-refractivity contribution >= 4 is 17.7 Å². The van der Waals surface area contributed by atoms with Gasteiger partial charge in [-0.3, -0.25) is 9.59 Å². The Hall–Kier alpha value is -1.69. The highest BCUT2D eigenvalue weighted by Crippen LogP contribution is 2.64. The Morgan fingerprint density at radius 1 is 1.26 bits per heavy atom. The lowest BCUT2D eigenvalue weighted by molar-refractivity contribution is -0.193. The van der Waals surface area contributed by atoms with E-state index in [9.17, 15) is 19.5 Å². The fraction of sp³-hybridized carbons (Fsp3) is 0.762. The van der Waals surface area contributed by atoms with Gasteiger partial charge < -0.3 is 14.9 Å². The van der Waals surface area contributed by atoms with Gasteiger partial charge in [0.15, 0.2) is 5.78 Å². The maximum Gasteiger partial charge on any atom is 0.328 e. The maximum atomic E-state index is 13.3. The van der Waals surface area contributed by atoms with E-state index in [4.69, 9.17) is 9.84 Å². The molecule has 0 amide bonds. The predicted octanol–water partition coefficient (Wildman–Crippen LogP) is 2.59. The molecule has 3 aliphatic carbocycles. The Labute approximate surface area is 160 Å². The van der Waals surface area contributed by atoms with E-state index in [0.717, 1.165) is 24.8 Å². The normalized spacial score (nSPS) is 45.7. The number of rotatable bonds is 2. The molecule has 0 radical (unpaired) electrons. The largest absolute Gasteiger partial charge is 0.478 e. The van der Waals surface area contributed by atoms with Crippen LogP contribution in [0.5, 0.6) is 0 Å². The van der Waals surface area contributed by atoms with Crippen LogP contribution in [0.15, 0.2) is 11.6 Å². The number of hydrogen-bond donors (Lipinski definition) is 2. The van der Waals surface area contributed by atoms with Crippen LogP contribution in [0.3, 0.4) is 0 Å². The van der Waals surface area contributed by atoms with Gasteiger partial charge in [0.2, 0.25) is 0 Å². The fourth-order valence-corrected chi connectivity index (χ4v) is 6.67. The molecule has 3 fully saturated rings. The summed E-state index contributed by atoms with van der Waals surface area (Å²) in [5.41, 5.74) is -0.541. The molecule has 0 bridgehead atoms. The van der Waals surface area contributed by atoms with E-state index < -0.39 is 28.8 Å². The summed E-state index contributed by atoms with van der Waals surface area (Å²) in [6.45, 7) is 5.79. The molecule has 0 heterocycles. The van der Waals surface area contributed by atoms with Crippen LogP contribution in [0.1, 0.15) is 52.9 Å². The zero-order chi connectivity index (χ0) is 20.1. The maximum absolute atomic E-state index is 13.3. The van der Waals surface area contributed by atoms with E-state index in [0.29, 0.717) is 12.8 Å². The summed E-state index contributed by atoms with van der Waals surface area (Å²) in [4.78, 5) is 37.1. The molecule has 150 valence electrons. The lowest BCUT2D eigenvalue weighted by Crippen LogP contribution is -2.65. The third-order valence-electron chi connectivity index (χ3n) is 7.83. The molecule has 0 saturated heterocycles. The standard InChI is InChI=1S/C21H30O6/c1-11-12(10-14(22)23)6-7-13-15(11)16(24)17(25)18-20(13,2)8-5-9-21(18,3)19(26)27-4/h10-11,13,15-16,18,24H,5-9H2,1-4H3,(H,22,23)/b12-10+/t11-,13-,15-,16+,18+,20+,21-/m0/s1. The molecule has 0 unspecified atom stereocenters. The summed E-state index contributed by atoms with van der Waals surface area (Å²) in [5.74, 6) is -2.64. The van der Waals surface area contributed by atoms with Gasteiger partial charge in [0.25, 0.3) is 0 Å². The van der Waals surface area contributed by atoms with Gasteiger partial charge in [0.05, 0.1) is 12.5 Å². The van der Waals surface area contributed by atoms with Gasteiger partial charge in [0, 0.05) is 17.9 Å². The van der Waals surface area contributed by atoms with Crippen molar-refractivity contribution in [2.75, 3.05) is 7.11 Å². The van der Waals surface area contributed by atoms with Gasteiger partial charge in [-0.15, -0.1) is 0 Å². The number of esters is 1. The van der Waals surface area contributed by atoms with Crippen LogP contribution in [-0.4, -0.2) is 41.1 Å². The van der Waals surface area contributed by atoms with E-state index in [2.05, 4.69) is 6.92 Å². The second kappa shape index (κ2) is 6.73. The van der Waals surface area contributed by atoms with Crippen molar-refractivity contribution in [1.82, 2.24) is 0 Å². The van der Waals surface area contributed by atoms with Crippen LogP contribution in [0.25, 0.3) is 0 Å². The number of ketones is 1. The molecule has 0 aromatic heterocycles. The molecule has 0 aliphatic heterocycles. The molecule has 6 nitrogen and oxygen atoms in total. The number of carboxylic acid groups (broad SMARTS) is 1. The Bertz CT molecular complexity index is 697. The number of carbonyl (C=O) groups excluding carboxylic acids is 2. The third-order valence-corrected chi connectivity index (χ3v) is 7.83. The average Bonchev–Trinajstić information content (AvgIpc) is 2.60. The number of aliphatic hydroxyl groups is 1. The minimum absolute atomic E-state index is 0.0698. The monoisotopic (exact) mass is 378 g/mol. The average molecular weight is 378 g/mol.